The van der Waals surface area contributed by atoms with Gasteiger partial charge in [0.25, 0.3) is 40.5 Å². The fourth-order valence-electron chi connectivity index (χ4n) is 7.38. The highest BCUT2D eigenvalue weighted by Crippen LogP contribution is 2.46. The quantitative estimate of drug-likeness (QED) is 0.0349. The number of benzene rings is 7. The molecule has 0 saturated heterocycles. The average molecular weight is 1130 g/mol. The molecule has 0 unspecified atom stereocenters. The maximum absolute atomic E-state index is 12.6. The van der Waals surface area contributed by atoms with Gasteiger partial charge >= 0.3 is 5.97 Å². The van der Waals surface area contributed by atoms with Crippen molar-refractivity contribution < 1.29 is 81.8 Å². The first-order chi connectivity index (χ1) is 36.0. The van der Waals surface area contributed by atoms with Gasteiger partial charge in [-0.05, 0) is 109 Å². The molecule has 1 aromatic heterocycles. The molecule has 0 spiro atoms. The van der Waals surface area contributed by atoms with E-state index in [0.29, 0.717) is 11.6 Å². The van der Waals surface area contributed by atoms with Gasteiger partial charge in [-0.1, -0.05) is 18.2 Å². The standard InChI is InChI=1S/C45H34N10O18S4/c1-21-14-34(35(73-3)20-33(21)49-47-31-13-11-27(74(61,62)63)19-30(31)45(59)60)50-53-41-37(76(67,68)69)16-23-8-9-25(18-29(23)43(41)57)46-51-39-22(2)54-55(44(39)58)26-10-12-28-24(15-26)17-38(77(70,71)72)40(42(28)56)52-48-32-6-4-5-7-36(32)75(64,65)66/h4-20,56-58H,1-3H3,(H,59,60)(H,61,62,63)(H,64,65,66)(H,67,68,69)(H,70,71,72). The number of carboxylic acid groups (broad SMARTS) is 1. The van der Waals surface area contributed by atoms with Crippen LogP contribution in [-0.4, -0.2) is 95.2 Å². The lowest BCUT2D eigenvalue weighted by Crippen LogP contribution is -2.02. The minimum absolute atomic E-state index is 0.0158. The fraction of sp³-hybridized carbons (Fsp3) is 0.0667. The van der Waals surface area contributed by atoms with E-state index < -0.39 is 106 Å². The third-order valence-electron chi connectivity index (χ3n) is 11.1. The largest absolute Gasteiger partial charge is 0.505 e. The lowest BCUT2D eigenvalue weighted by molar-refractivity contribution is 0.0697. The van der Waals surface area contributed by atoms with E-state index in [1.165, 1.54) is 81.6 Å². The van der Waals surface area contributed by atoms with E-state index in [1.807, 2.05) is 0 Å². The van der Waals surface area contributed by atoms with Gasteiger partial charge in [0.15, 0.2) is 17.2 Å². The van der Waals surface area contributed by atoms with Crippen molar-refractivity contribution in [3.05, 3.63) is 120 Å². The summed E-state index contributed by atoms with van der Waals surface area (Å²) < 4.78 is 143. The second kappa shape index (κ2) is 20.3. The Bertz CT molecular complexity index is 4430. The van der Waals surface area contributed by atoms with Crippen molar-refractivity contribution in [2.24, 2.45) is 40.9 Å². The number of ether oxygens (including phenoxy) is 1. The number of phenols is 2. The second-order valence-corrected chi connectivity index (χ2v) is 21.7. The third kappa shape index (κ3) is 11.2. The number of nitrogens with zero attached hydrogens (tertiary/aromatic N) is 10. The number of methoxy groups -OCH3 is 1. The van der Waals surface area contributed by atoms with Crippen molar-refractivity contribution in [3.63, 3.8) is 0 Å². The van der Waals surface area contributed by atoms with Crippen molar-refractivity contribution in [2.75, 3.05) is 7.11 Å². The molecule has 0 atom stereocenters. The van der Waals surface area contributed by atoms with Crippen LogP contribution in [0.5, 0.6) is 23.1 Å². The van der Waals surface area contributed by atoms with E-state index in [1.54, 1.807) is 0 Å². The molecular weight excluding hydrogens is 1100 g/mol. The first kappa shape index (κ1) is 54.2. The highest BCUT2D eigenvalue weighted by molar-refractivity contribution is 7.86. The zero-order valence-corrected chi connectivity index (χ0v) is 42.3. The second-order valence-electron chi connectivity index (χ2n) is 16.1. The molecule has 0 radical (unpaired) electrons. The Morgan fingerprint density at radius 2 is 1.12 bits per heavy atom. The topological polar surface area (TPSA) is 441 Å². The van der Waals surface area contributed by atoms with Crippen LogP contribution >= 0.6 is 0 Å². The van der Waals surface area contributed by atoms with Crippen LogP contribution in [0.25, 0.3) is 27.2 Å². The zero-order valence-electron chi connectivity index (χ0n) is 39.1. The molecule has 0 aliphatic rings. The summed E-state index contributed by atoms with van der Waals surface area (Å²) in [5.74, 6) is -3.82. The number of hydrogen-bond acceptors (Lipinski definition) is 22. The summed E-state index contributed by atoms with van der Waals surface area (Å²) in [6.45, 7) is 2.98. The van der Waals surface area contributed by atoms with E-state index in [0.717, 1.165) is 41.1 Å². The smallest absolute Gasteiger partial charge is 0.338 e. The average Bonchev–Trinajstić information content (AvgIpc) is 3.66. The SMILES string of the molecule is COc1cc(N=Nc2ccc(S(=O)(=O)O)cc2C(=O)O)c(C)cc1N=Nc1c(S(=O)(=O)O)cc2ccc(N=Nc3c(C)nn(-c4ccc5c(O)c(N=Nc6ccccc6S(=O)(=O)O)c(S(=O)(=O)O)cc5c4)c3O)cc2c1O. The van der Waals surface area contributed by atoms with Gasteiger partial charge in [0, 0.05) is 16.8 Å². The van der Waals surface area contributed by atoms with E-state index in [2.05, 4.69) is 46.0 Å². The Hall–Kier alpha value is -9.02. The first-order valence-corrected chi connectivity index (χ1v) is 26.9. The molecule has 0 fully saturated rings. The third-order valence-corrected chi connectivity index (χ3v) is 14.5. The minimum atomic E-state index is -5.16. The molecule has 7 aromatic carbocycles. The van der Waals surface area contributed by atoms with Crippen molar-refractivity contribution in [1.29, 1.82) is 0 Å². The molecule has 8 N–H and O–H groups in total. The predicted molar refractivity (Wildman–Crippen MR) is 268 cm³/mol. The zero-order chi connectivity index (χ0) is 56.1. The van der Waals surface area contributed by atoms with Gasteiger partial charge in [0.2, 0.25) is 5.88 Å². The lowest BCUT2D eigenvalue weighted by atomic mass is 10.1. The van der Waals surface area contributed by atoms with Crippen LogP contribution in [0.2, 0.25) is 0 Å². The number of aromatic carboxylic acids is 1. The number of aryl methyl sites for hydroxylation is 2. The normalized spacial score (nSPS) is 12.8. The van der Waals surface area contributed by atoms with Gasteiger partial charge in [0.05, 0.1) is 40.3 Å². The summed E-state index contributed by atoms with van der Waals surface area (Å²) in [5, 5.41) is 79.5. The molecule has 0 aliphatic heterocycles. The number of hydrogen-bond donors (Lipinski definition) is 8. The van der Waals surface area contributed by atoms with Crippen LogP contribution in [-0.2, 0) is 40.5 Å². The lowest BCUT2D eigenvalue weighted by Gasteiger charge is -2.11. The molecule has 0 amide bonds. The Balaban J connectivity index is 1.10. The number of carboxylic acids is 1. The summed E-state index contributed by atoms with van der Waals surface area (Å²) in [6, 6.07) is 19.8. The fourth-order valence-corrected chi connectivity index (χ4v) is 9.83. The molecule has 0 saturated carbocycles. The number of fused-ring (bicyclic) bond motifs is 2. The van der Waals surface area contributed by atoms with Crippen molar-refractivity contribution in [2.45, 2.75) is 33.4 Å². The summed E-state index contributed by atoms with van der Waals surface area (Å²) in [5.41, 5.74) is -2.46. The molecular formula is C45H34N10O18S4. The number of aromatic nitrogens is 2. The number of aromatic hydroxyl groups is 3. The summed E-state index contributed by atoms with van der Waals surface area (Å²) in [6.07, 6.45) is 0. The Morgan fingerprint density at radius 3 is 1.74 bits per heavy atom. The first-order valence-electron chi connectivity index (χ1n) is 21.2. The van der Waals surface area contributed by atoms with Gasteiger partial charge < -0.3 is 25.2 Å². The number of azo groups is 4. The highest BCUT2D eigenvalue weighted by atomic mass is 32.2. The Morgan fingerprint density at radius 1 is 0.532 bits per heavy atom. The summed E-state index contributed by atoms with van der Waals surface area (Å²) in [7, 11) is -18.6. The van der Waals surface area contributed by atoms with Crippen LogP contribution in [0.15, 0.2) is 164 Å². The van der Waals surface area contributed by atoms with Crippen molar-refractivity contribution in [3.8, 4) is 28.8 Å². The Labute approximate surface area is 433 Å². The molecule has 0 bridgehead atoms. The maximum Gasteiger partial charge on any atom is 0.338 e. The molecule has 8 rings (SSSR count). The van der Waals surface area contributed by atoms with Crippen LogP contribution in [0.4, 0.5) is 45.5 Å². The van der Waals surface area contributed by atoms with Crippen molar-refractivity contribution >= 4 is 113 Å². The van der Waals surface area contributed by atoms with Crippen molar-refractivity contribution in [1.82, 2.24) is 9.78 Å². The highest BCUT2D eigenvalue weighted by Gasteiger charge is 2.26. The van der Waals surface area contributed by atoms with Crippen LogP contribution in [0.1, 0.15) is 21.6 Å². The van der Waals surface area contributed by atoms with E-state index in [9.17, 15) is 77.1 Å². The monoisotopic (exact) mass is 1130 g/mol. The van der Waals surface area contributed by atoms with Gasteiger partial charge in [-0.25, -0.2) is 4.79 Å². The molecule has 1 heterocycles. The van der Waals surface area contributed by atoms with Gasteiger partial charge in [-0.3, -0.25) is 18.2 Å². The number of phenolic OH excluding ortho intramolecular Hbond substituents is 2. The van der Waals surface area contributed by atoms with Gasteiger partial charge in [-0.2, -0.15) is 53.7 Å². The summed E-state index contributed by atoms with van der Waals surface area (Å²) in [4.78, 5) is 8.66. The van der Waals surface area contributed by atoms with Gasteiger partial charge in [0.1, 0.15) is 48.9 Å². The number of rotatable bonds is 15. The van der Waals surface area contributed by atoms with E-state index in [-0.39, 0.29) is 67.1 Å². The van der Waals surface area contributed by atoms with Gasteiger partial charge in [-0.15, -0.1) is 30.7 Å². The molecule has 8 aromatic rings. The van der Waals surface area contributed by atoms with Crippen LogP contribution in [0.3, 0.4) is 0 Å². The molecule has 32 heteroatoms. The molecule has 396 valence electrons. The summed E-state index contributed by atoms with van der Waals surface area (Å²) >= 11 is 0. The van der Waals surface area contributed by atoms with E-state index in [4.69, 9.17) is 4.74 Å². The van der Waals surface area contributed by atoms with Crippen LogP contribution in [0, 0.1) is 13.8 Å². The number of carbonyl (C=O) groups is 1. The molecule has 28 nitrogen and oxygen atoms in total. The Kier molecular flexibility index (Phi) is 14.3. The van der Waals surface area contributed by atoms with Crippen LogP contribution < -0.4 is 4.74 Å². The van der Waals surface area contributed by atoms with E-state index >= 15 is 0 Å². The molecule has 77 heavy (non-hydrogen) atoms. The maximum atomic E-state index is 12.6. The predicted octanol–water partition coefficient (Wildman–Crippen LogP) is 10.3. The molecule has 0 aliphatic carbocycles. The minimum Gasteiger partial charge on any atom is -0.505 e.